The van der Waals surface area contributed by atoms with E-state index >= 15 is 0 Å². The minimum atomic E-state index is 0.858. The standard InChI is InChI=1S/C11H10INO/c1-8-2-4-9(5-3-8)11-6-10(7-12)14-13-11/h2-6H,7H2,1H3. The first-order valence-electron chi connectivity index (χ1n) is 4.38. The van der Waals surface area contributed by atoms with Gasteiger partial charge in [0.1, 0.15) is 11.5 Å². The summed E-state index contributed by atoms with van der Waals surface area (Å²) in [4.78, 5) is 0. The fraction of sp³-hybridized carbons (Fsp3) is 0.182. The number of aryl methyl sites for hydroxylation is 1. The van der Waals surface area contributed by atoms with Gasteiger partial charge in [-0.1, -0.05) is 57.6 Å². The third-order valence-electron chi connectivity index (χ3n) is 2.04. The van der Waals surface area contributed by atoms with Crippen LogP contribution in [0.1, 0.15) is 11.3 Å². The van der Waals surface area contributed by atoms with E-state index in [2.05, 4.69) is 58.9 Å². The Bertz CT molecular complexity index is 419. The van der Waals surface area contributed by atoms with Crippen LogP contribution in [-0.4, -0.2) is 5.16 Å². The zero-order valence-electron chi connectivity index (χ0n) is 7.83. The normalized spacial score (nSPS) is 10.4. The van der Waals surface area contributed by atoms with Crippen LogP contribution < -0.4 is 0 Å². The molecule has 3 heteroatoms. The van der Waals surface area contributed by atoms with E-state index in [1.807, 2.05) is 6.07 Å². The number of alkyl halides is 1. The van der Waals surface area contributed by atoms with E-state index in [1.54, 1.807) is 0 Å². The zero-order chi connectivity index (χ0) is 9.97. The van der Waals surface area contributed by atoms with Crippen LogP contribution >= 0.6 is 22.6 Å². The lowest BCUT2D eigenvalue weighted by atomic mass is 10.1. The molecule has 0 fully saturated rings. The van der Waals surface area contributed by atoms with Gasteiger partial charge in [0.2, 0.25) is 0 Å². The Labute approximate surface area is 96.4 Å². The lowest BCUT2D eigenvalue weighted by Gasteiger charge is -1.95. The van der Waals surface area contributed by atoms with Gasteiger partial charge in [-0.25, -0.2) is 0 Å². The summed E-state index contributed by atoms with van der Waals surface area (Å²) in [5, 5.41) is 4.01. The molecule has 0 amide bonds. The smallest absolute Gasteiger partial charge is 0.147 e. The van der Waals surface area contributed by atoms with Gasteiger partial charge in [-0.15, -0.1) is 0 Å². The molecule has 2 nitrogen and oxygen atoms in total. The molecular weight excluding hydrogens is 289 g/mol. The first-order chi connectivity index (χ1) is 6.79. The Morgan fingerprint density at radius 2 is 2.00 bits per heavy atom. The van der Waals surface area contributed by atoms with Crippen molar-refractivity contribution < 1.29 is 4.52 Å². The second kappa shape index (κ2) is 4.13. The zero-order valence-corrected chi connectivity index (χ0v) is 9.98. The van der Waals surface area contributed by atoms with Crippen LogP contribution in [0.2, 0.25) is 0 Å². The van der Waals surface area contributed by atoms with Gasteiger partial charge in [0.25, 0.3) is 0 Å². The summed E-state index contributed by atoms with van der Waals surface area (Å²) in [6.45, 7) is 2.07. The fourth-order valence-electron chi connectivity index (χ4n) is 1.24. The molecule has 0 atom stereocenters. The Morgan fingerprint density at radius 3 is 2.57 bits per heavy atom. The van der Waals surface area contributed by atoms with E-state index in [-0.39, 0.29) is 0 Å². The lowest BCUT2D eigenvalue weighted by Crippen LogP contribution is -1.76. The quantitative estimate of drug-likeness (QED) is 0.625. The molecular formula is C11H10INO. The molecule has 1 aromatic carbocycles. The molecule has 1 aromatic heterocycles. The van der Waals surface area contributed by atoms with Crippen molar-refractivity contribution in [2.75, 3.05) is 0 Å². The van der Waals surface area contributed by atoms with Crippen molar-refractivity contribution in [2.45, 2.75) is 11.4 Å². The molecule has 0 aliphatic heterocycles. The van der Waals surface area contributed by atoms with Gasteiger partial charge in [0, 0.05) is 11.6 Å². The van der Waals surface area contributed by atoms with Crippen LogP contribution in [0.15, 0.2) is 34.9 Å². The Balaban J connectivity index is 2.34. The summed E-state index contributed by atoms with van der Waals surface area (Å²) >= 11 is 2.26. The third-order valence-corrected chi connectivity index (χ3v) is 2.79. The summed E-state index contributed by atoms with van der Waals surface area (Å²) in [6.07, 6.45) is 0. The maximum atomic E-state index is 5.14. The van der Waals surface area contributed by atoms with Crippen LogP contribution in [-0.2, 0) is 4.43 Å². The molecule has 0 saturated carbocycles. The van der Waals surface area contributed by atoms with Crippen molar-refractivity contribution in [3.8, 4) is 11.3 Å². The molecule has 14 heavy (non-hydrogen) atoms. The molecule has 0 saturated heterocycles. The van der Waals surface area contributed by atoms with Crippen LogP contribution in [0.4, 0.5) is 0 Å². The van der Waals surface area contributed by atoms with Crippen LogP contribution in [0.3, 0.4) is 0 Å². The summed E-state index contributed by atoms with van der Waals surface area (Å²) in [6, 6.07) is 10.3. The summed E-state index contributed by atoms with van der Waals surface area (Å²) < 4.78 is 6.00. The van der Waals surface area contributed by atoms with E-state index in [9.17, 15) is 0 Å². The average Bonchev–Trinajstić information content (AvgIpc) is 2.67. The maximum Gasteiger partial charge on any atom is 0.147 e. The number of aromatic nitrogens is 1. The minimum Gasteiger partial charge on any atom is -0.360 e. The number of benzene rings is 1. The molecule has 0 unspecified atom stereocenters. The highest BCUT2D eigenvalue weighted by molar-refractivity contribution is 14.1. The molecule has 0 radical (unpaired) electrons. The number of nitrogens with zero attached hydrogens (tertiary/aromatic N) is 1. The topological polar surface area (TPSA) is 26.0 Å². The second-order valence-electron chi connectivity index (χ2n) is 3.18. The second-order valence-corrected chi connectivity index (χ2v) is 3.94. The average molecular weight is 299 g/mol. The fourth-order valence-corrected chi connectivity index (χ4v) is 1.60. The van der Waals surface area contributed by atoms with Crippen molar-refractivity contribution in [1.82, 2.24) is 5.16 Å². The van der Waals surface area contributed by atoms with E-state index in [0.717, 1.165) is 21.4 Å². The Kier molecular flexibility index (Phi) is 2.86. The Morgan fingerprint density at radius 1 is 1.29 bits per heavy atom. The molecule has 0 N–H and O–H groups in total. The predicted octanol–water partition coefficient (Wildman–Crippen LogP) is 3.59. The largest absolute Gasteiger partial charge is 0.360 e. The van der Waals surface area contributed by atoms with E-state index in [0.29, 0.717) is 0 Å². The third kappa shape index (κ3) is 1.97. The van der Waals surface area contributed by atoms with Crippen LogP contribution in [0, 0.1) is 6.92 Å². The van der Waals surface area contributed by atoms with Gasteiger partial charge in [0.15, 0.2) is 0 Å². The van der Waals surface area contributed by atoms with Gasteiger partial charge in [-0.05, 0) is 6.92 Å². The van der Waals surface area contributed by atoms with E-state index in [1.165, 1.54) is 5.56 Å². The monoisotopic (exact) mass is 299 g/mol. The highest BCUT2D eigenvalue weighted by atomic mass is 127. The van der Waals surface area contributed by atoms with Crippen molar-refractivity contribution >= 4 is 22.6 Å². The molecule has 72 valence electrons. The number of hydrogen-bond donors (Lipinski definition) is 0. The molecule has 0 aliphatic rings. The number of hydrogen-bond acceptors (Lipinski definition) is 2. The number of halogens is 1. The van der Waals surface area contributed by atoms with E-state index in [4.69, 9.17) is 4.52 Å². The summed E-state index contributed by atoms with van der Waals surface area (Å²) in [5.41, 5.74) is 3.28. The summed E-state index contributed by atoms with van der Waals surface area (Å²) in [5.74, 6) is 0.918. The molecule has 2 aromatic rings. The Hall–Kier alpha value is -0.840. The van der Waals surface area contributed by atoms with Crippen molar-refractivity contribution in [2.24, 2.45) is 0 Å². The molecule has 0 spiro atoms. The predicted molar refractivity (Wildman–Crippen MR) is 64.4 cm³/mol. The molecule has 0 aliphatic carbocycles. The van der Waals surface area contributed by atoms with Gasteiger partial charge in [-0.3, -0.25) is 0 Å². The van der Waals surface area contributed by atoms with Crippen LogP contribution in [0.25, 0.3) is 11.3 Å². The van der Waals surface area contributed by atoms with Crippen LogP contribution in [0.5, 0.6) is 0 Å². The molecule has 0 bridgehead atoms. The maximum absolute atomic E-state index is 5.14. The molecule has 2 rings (SSSR count). The minimum absolute atomic E-state index is 0.858. The highest BCUT2D eigenvalue weighted by Gasteiger charge is 2.04. The van der Waals surface area contributed by atoms with Crippen molar-refractivity contribution in [3.05, 3.63) is 41.7 Å². The number of rotatable bonds is 2. The van der Waals surface area contributed by atoms with Crippen molar-refractivity contribution in [3.63, 3.8) is 0 Å². The SMILES string of the molecule is Cc1ccc(-c2cc(CI)on2)cc1. The van der Waals surface area contributed by atoms with E-state index < -0.39 is 0 Å². The lowest BCUT2D eigenvalue weighted by molar-refractivity contribution is 0.399. The van der Waals surface area contributed by atoms with Gasteiger partial charge >= 0.3 is 0 Å². The first kappa shape index (κ1) is 9.71. The van der Waals surface area contributed by atoms with Gasteiger partial charge < -0.3 is 4.52 Å². The van der Waals surface area contributed by atoms with Gasteiger partial charge in [0.05, 0.1) is 4.43 Å². The van der Waals surface area contributed by atoms with Crippen molar-refractivity contribution in [1.29, 1.82) is 0 Å². The van der Waals surface area contributed by atoms with Gasteiger partial charge in [-0.2, -0.15) is 0 Å². The highest BCUT2D eigenvalue weighted by Crippen LogP contribution is 2.20. The first-order valence-corrected chi connectivity index (χ1v) is 5.91. The molecule has 1 heterocycles. The summed E-state index contributed by atoms with van der Waals surface area (Å²) in [7, 11) is 0.